The van der Waals surface area contributed by atoms with Crippen molar-refractivity contribution in [3.63, 3.8) is 0 Å². The quantitative estimate of drug-likeness (QED) is 0.637. The summed E-state index contributed by atoms with van der Waals surface area (Å²) in [6.07, 6.45) is 2.12. The van der Waals surface area contributed by atoms with Gasteiger partial charge in [-0.05, 0) is 30.0 Å². The molecule has 0 saturated carbocycles. The van der Waals surface area contributed by atoms with Crippen LogP contribution in [0, 0.1) is 10.1 Å². The molecule has 0 radical (unpaired) electrons. The molecule has 0 spiro atoms. The second kappa shape index (κ2) is 5.67. The molecule has 5 nitrogen and oxygen atoms in total. The van der Waals surface area contributed by atoms with Gasteiger partial charge >= 0.3 is 5.69 Å². The predicted molar refractivity (Wildman–Crippen MR) is 85.6 cm³/mol. The second-order valence-electron chi connectivity index (χ2n) is 5.48. The Morgan fingerprint density at radius 3 is 2.77 bits per heavy atom. The lowest BCUT2D eigenvalue weighted by molar-refractivity contribution is -0.385. The summed E-state index contributed by atoms with van der Waals surface area (Å²) >= 11 is 0. The topological polar surface area (TPSA) is 55.6 Å². The smallest absolute Gasteiger partial charge is 0.311 e. The van der Waals surface area contributed by atoms with Crippen LogP contribution in [0.25, 0.3) is 0 Å². The van der Waals surface area contributed by atoms with Gasteiger partial charge in [-0.1, -0.05) is 24.3 Å². The molecule has 22 heavy (non-hydrogen) atoms. The first-order valence-corrected chi connectivity index (χ1v) is 7.25. The van der Waals surface area contributed by atoms with E-state index in [4.69, 9.17) is 4.74 Å². The first-order chi connectivity index (χ1) is 10.6. The number of nitro groups is 1. The van der Waals surface area contributed by atoms with Crippen LogP contribution in [0.4, 0.5) is 11.4 Å². The average Bonchev–Trinajstić information content (AvgIpc) is 2.97. The zero-order valence-corrected chi connectivity index (χ0v) is 12.7. The van der Waals surface area contributed by atoms with E-state index in [9.17, 15) is 10.1 Å². The van der Waals surface area contributed by atoms with E-state index in [1.54, 1.807) is 12.1 Å². The number of nitrogens with zero attached hydrogens (tertiary/aromatic N) is 2. The summed E-state index contributed by atoms with van der Waals surface area (Å²) in [5, 5.41) is 11.0. The number of rotatable bonds is 4. The Balaban J connectivity index is 1.93. The van der Waals surface area contributed by atoms with Crippen molar-refractivity contribution in [1.82, 2.24) is 0 Å². The molecule has 2 aromatic rings. The maximum absolute atomic E-state index is 11.0. The van der Waals surface area contributed by atoms with Crippen molar-refractivity contribution >= 4 is 11.4 Å². The van der Waals surface area contributed by atoms with E-state index in [1.807, 2.05) is 7.05 Å². The highest BCUT2D eigenvalue weighted by molar-refractivity contribution is 5.60. The fraction of sp³-hybridized carbons (Fsp3) is 0.294. The molecule has 2 aromatic carbocycles. The molecule has 114 valence electrons. The number of methoxy groups -OCH3 is 1. The number of aryl methyl sites for hydroxylation is 1. The normalized spacial score (nSPS) is 16.2. The highest BCUT2D eigenvalue weighted by atomic mass is 16.6. The first kappa shape index (κ1) is 14.4. The zero-order chi connectivity index (χ0) is 15.7. The molecular formula is C17H18N2O3. The maximum Gasteiger partial charge on any atom is 0.311 e. The summed E-state index contributed by atoms with van der Waals surface area (Å²) < 4.78 is 5.16. The highest BCUT2D eigenvalue weighted by Crippen LogP contribution is 2.39. The van der Waals surface area contributed by atoms with Gasteiger partial charge in [-0.25, -0.2) is 0 Å². The minimum atomic E-state index is -0.423. The van der Waals surface area contributed by atoms with Crippen molar-refractivity contribution in [2.75, 3.05) is 19.1 Å². The lowest BCUT2D eigenvalue weighted by atomic mass is 10.1. The molecule has 5 heteroatoms. The number of nitro benzene ring substituents is 1. The zero-order valence-electron chi connectivity index (χ0n) is 12.7. The van der Waals surface area contributed by atoms with E-state index in [0.29, 0.717) is 11.8 Å². The summed E-state index contributed by atoms with van der Waals surface area (Å²) in [4.78, 5) is 12.7. The van der Waals surface area contributed by atoms with E-state index >= 15 is 0 Å². The van der Waals surface area contributed by atoms with Gasteiger partial charge in [0.2, 0.25) is 0 Å². The molecule has 0 aromatic heterocycles. The third-order valence-electron chi connectivity index (χ3n) is 4.34. The van der Waals surface area contributed by atoms with E-state index in [2.05, 4.69) is 29.2 Å². The summed E-state index contributed by atoms with van der Waals surface area (Å²) in [5.41, 5.74) is 3.63. The third-order valence-corrected chi connectivity index (χ3v) is 4.34. The van der Waals surface area contributed by atoms with Crippen LogP contribution in [0.5, 0.6) is 5.75 Å². The van der Waals surface area contributed by atoms with Gasteiger partial charge in [-0.2, -0.15) is 0 Å². The second-order valence-corrected chi connectivity index (χ2v) is 5.48. The lowest BCUT2D eigenvalue weighted by Gasteiger charge is -2.27. The van der Waals surface area contributed by atoms with Crippen LogP contribution < -0.4 is 9.64 Å². The van der Waals surface area contributed by atoms with Crippen molar-refractivity contribution in [2.24, 2.45) is 0 Å². The molecule has 1 aliphatic carbocycles. The number of hydrogen-bond acceptors (Lipinski definition) is 4. The lowest BCUT2D eigenvalue weighted by Crippen LogP contribution is -2.22. The van der Waals surface area contributed by atoms with Crippen LogP contribution >= 0.6 is 0 Å². The molecular weight excluding hydrogens is 280 g/mol. The SMILES string of the molecule is COc1cc(N(C)C2CCc3ccccc32)ccc1[N+](=O)[O-]. The third kappa shape index (κ3) is 2.39. The largest absolute Gasteiger partial charge is 0.490 e. The van der Waals surface area contributed by atoms with Gasteiger partial charge in [0.25, 0.3) is 0 Å². The molecule has 1 unspecified atom stereocenters. The van der Waals surface area contributed by atoms with E-state index in [0.717, 1.165) is 18.5 Å². The number of fused-ring (bicyclic) bond motifs is 1. The minimum Gasteiger partial charge on any atom is -0.490 e. The number of ether oxygens (including phenoxy) is 1. The van der Waals surface area contributed by atoms with Crippen LogP contribution in [0.15, 0.2) is 42.5 Å². The van der Waals surface area contributed by atoms with Gasteiger partial charge < -0.3 is 9.64 Å². The minimum absolute atomic E-state index is 0.00790. The van der Waals surface area contributed by atoms with Gasteiger partial charge in [-0.15, -0.1) is 0 Å². The summed E-state index contributed by atoms with van der Waals surface area (Å²) in [5.74, 6) is 0.292. The molecule has 0 saturated heterocycles. The van der Waals surface area contributed by atoms with Gasteiger partial charge in [0.05, 0.1) is 18.1 Å². The number of anilines is 1. The van der Waals surface area contributed by atoms with Crippen molar-refractivity contribution in [1.29, 1.82) is 0 Å². The van der Waals surface area contributed by atoms with Crippen molar-refractivity contribution in [3.8, 4) is 5.75 Å². The highest BCUT2D eigenvalue weighted by Gasteiger charge is 2.26. The van der Waals surface area contributed by atoms with Crippen LogP contribution in [0.2, 0.25) is 0 Å². The van der Waals surface area contributed by atoms with Crippen LogP contribution in [0.1, 0.15) is 23.6 Å². The van der Waals surface area contributed by atoms with E-state index in [-0.39, 0.29) is 5.69 Å². The Morgan fingerprint density at radius 1 is 1.27 bits per heavy atom. The summed E-state index contributed by atoms with van der Waals surface area (Å²) in [6, 6.07) is 13.8. The Hall–Kier alpha value is -2.56. The number of hydrogen-bond donors (Lipinski definition) is 0. The molecule has 3 rings (SSSR count). The van der Waals surface area contributed by atoms with Crippen molar-refractivity contribution in [2.45, 2.75) is 18.9 Å². The molecule has 0 fully saturated rings. The average molecular weight is 298 g/mol. The van der Waals surface area contributed by atoms with E-state index < -0.39 is 4.92 Å². The van der Waals surface area contributed by atoms with E-state index in [1.165, 1.54) is 24.3 Å². The Labute approximate surface area is 129 Å². The monoisotopic (exact) mass is 298 g/mol. The first-order valence-electron chi connectivity index (χ1n) is 7.25. The van der Waals surface area contributed by atoms with Crippen LogP contribution in [-0.4, -0.2) is 19.1 Å². The van der Waals surface area contributed by atoms with Gasteiger partial charge in [0.15, 0.2) is 5.75 Å². The standard InChI is InChI=1S/C17H18N2O3/c1-18(15-9-7-12-5-3-4-6-14(12)15)13-8-10-16(19(20)21)17(11-13)22-2/h3-6,8,10-11,15H,7,9H2,1-2H3. The predicted octanol–water partition coefficient (Wildman–Crippen LogP) is 3.73. The summed E-state index contributed by atoms with van der Waals surface area (Å²) in [6.45, 7) is 0. The van der Waals surface area contributed by atoms with Gasteiger partial charge in [0.1, 0.15) is 0 Å². The van der Waals surface area contributed by atoms with Crippen LogP contribution in [-0.2, 0) is 6.42 Å². The van der Waals surface area contributed by atoms with Gasteiger partial charge in [0, 0.05) is 24.9 Å². The fourth-order valence-electron chi connectivity index (χ4n) is 3.15. The summed E-state index contributed by atoms with van der Waals surface area (Å²) in [7, 11) is 3.48. The van der Waals surface area contributed by atoms with Crippen LogP contribution in [0.3, 0.4) is 0 Å². The fourth-order valence-corrected chi connectivity index (χ4v) is 3.15. The van der Waals surface area contributed by atoms with Gasteiger partial charge in [-0.3, -0.25) is 10.1 Å². The maximum atomic E-state index is 11.0. The molecule has 0 aliphatic heterocycles. The van der Waals surface area contributed by atoms with Crippen molar-refractivity contribution in [3.05, 3.63) is 63.7 Å². The number of benzene rings is 2. The Kier molecular flexibility index (Phi) is 3.71. The molecule has 0 bridgehead atoms. The molecule has 0 N–H and O–H groups in total. The molecule has 1 aliphatic rings. The Morgan fingerprint density at radius 2 is 2.05 bits per heavy atom. The Bertz CT molecular complexity index is 715. The molecule has 0 heterocycles. The molecule has 0 amide bonds. The van der Waals surface area contributed by atoms with Crippen molar-refractivity contribution < 1.29 is 9.66 Å². The molecule has 1 atom stereocenters.